The van der Waals surface area contributed by atoms with Gasteiger partial charge in [0.05, 0.1) is 12.9 Å². The van der Waals surface area contributed by atoms with E-state index in [1.54, 1.807) is 12.1 Å². The molecule has 0 N–H and O–H groups in total. The number of halogens is 1. The number of rotatable bonds is 4. The molecule has 23 heavy (non-hydrogen) atoms. The van der Waals surface area contributed by atoms with Crippen molar-refractivity contribution < 1.29 is 22.7 Å². The van der Waals surface area contributed by atoms with Crippen molar-refractivity contribution in [1.82, 2.24) is 10.2 Å². The lowest BCUT2D eigenvalue weighted by Crippen LogP contribution is -2.13. The Hall–Kier alpha value is -2.32. The zero-order valence-corrected chi connectivity index (χ0v) is 12.6. The molecule has 0 saturated heterocycles. The highest BCUT2D eigenvalue weighted by atomic mass is 32.2. The zero-order chi connectivity index (χ0) is 15.6. The molecule has 3 aromatic rings. The molecule has 1 aliphatic heterocycles. The molecule has 1 aliphatic rings. The second kappa shape index (κ2) is 6.05. The first kappa shape index (κ1) is 14.3. The van der Waals surface area contributed by atoms with Crippen LogP contribution in [0, 0.1) is 5.82 Å². The summed E-state index contributed by atoms with van der Waals surface area (Å²) in [6, 6.07) is 6.34. The molecule has 0 spiro atoms. The molecule has 8 heteroatoms. The number of hydrogen-bond donors (Lipinski definition) is 0. The zero-order valence-electron chi connectivity index (χ0n) is 11.8. The lowest BCUT2D eigenvalue weighted by Gasteiger charge is -2.20. The van der Waals surface area contributed by atoms with Crippen LogP contribution in [0.2, 0.25) is 0 Å². The van der Waals surface area contributed by atoms with Gasteiger partial charge in [0.15, 0.2) is 12.6 Å². The van der Waals surface area contributed by atoms with Crippen LogP contribution in [0.15, 0.2) is 44.6 Å². The van der Waals surface area contributed by atoms with Crippen LogP contribution < -0.4 is 4.74 Å². The molecule has 0 aliphatic carbocycles. The fraction of sp³-hybridized carbons (Fsp3) is 0.200. The molecule has 0 atom stereocenters. The Labute approximate surface area is 134 Å². The summed E-state index contributed by atoms with van der Waals surface area (Å²) >= 11 is 1.30. The van der Waals surface area contributed by atoms with Crippen molar-refractivity contribution in [3.8, 4) is 17.4 Å². The maximum atomic E-state index is 13.7. The molecule has 0 bridgehead atoms. The third kappa shape index (κ3) is 2.95. The largest absolute Gasteiger partial charge is 0.467 e. The Morgan fingerprint density at radius 3 is 3.09 bits per heavy atom. The van der Waals surface area contributed by atoms with Crippen molar-refractivity contribution in [1.29, 1.82) is 0 Å². The highest BCUT2D eigenvalue weighted by Gasteiger charge is 2.18. The highest BCUT2D eigenvalue weighted by molar-refractivity contribution is 7.98. The number of thioether (sulfide) groups is 1. The predicted octanol–water partition coefficient (Wildman–Crippen LogP) is 3.63. The van der Waals surface area contributed by atoms with Gasteiger partial charge >= 0.3 is 0 Å². The van der Waals surface area contributed by atoms with Gasteiger partial charge in [-0.2, -0.15) is 0 Å². The summed E-state index contributed by atoms with van der Waals surface area (Å²) < 4.78 is 35.0. The topological polar surface area (TPSA) is 70.5 Å². The van der Waals surface area contributed by atoms with Gasteiger partial charge in [0.25, 0.3) is 11.1 Å². The molecular formula is C15H11FN2O4S. The number of fused-ring (bicyclic) bond motifs is 1. The van der Waals surface area contributed by atoms with Gasteiger partial charge in [-0.1, -0.05) is 11.8 Å². The molecule has 0 radical (unpaired) electrons. The van der Waals surface area contributed by atoms with Gasteiger partial charge in [0, 0.05) is 16.9 Å². The number of aromatic nitrogens is 2. The third-order valence-electron chi connectivity index (χ3n) is 3.24. The molecule has 0 amide bonds. The Morgan fingerprint density at radius 1 is 1.26 bits per heavy atom. The van der Waals surface area contributed by atoms with E-state index in [4.69, 9.17) is 18.3 Å². The second-order valence-electron chi connectivity index (χ2n) is 4.80. The lowest BCUT2D eigenvalue weighted by atomic mass is 10.1. The van der Waals surface area contributed by atoms with Crippen molar-refractivity contribution in [2.24, 2.45) is 0 Å². The molecule has 0 saturated carbocycles. The number of ether oxygens (including phenoxy) is 2. The van der Waals surface area contributed by atoms with E-state index in [1.165, 1.54) is 30.2 Å². The average molecular weight is 334 g/mol. The molecule has 2 aromatic heterocycles. The van der Waals surface area contributed by atoms with Crippen LogP contribution >= 0.6 is 11.8 Å². The first-order valence-corrected chi connectivity index (χ1v) is 7.80. The van der Waals surface area contributed by atoms with Crippen LogP contribution in [0.25, 0.3) is 11.7 Å². The monoisotopic (exact) mass is 334 g/mol. The standard InChI is InChI=1S/C15H11FN2O4S/c16-11-4-9-6-19-8-21-13(9)10(5-11)7-23-15-18-17-14(22-15)12-2-1-3-20-12/h1-5H,6-8H2. The molecule has 118 valence electrons. The van der Waals surface area contributed by atoms with E-state index >= 15 is 0 Å². The molecular weight excluding hydrogens is 323 g/mol. The van der Waals surface area contributed by atoms with Crippen LogP contribution in [0.4, 0.5) is 4.39 Å². The van der Waals surface area contributed by atoms with Gasteiger partial charge in [-0.05, 0) is 24.3 Å². The molecule has 1 aromatic carbocycles. The number of hydrogen-bond acceptors (Lipinski definition) is 7. The van der Waals surface area contributed by atoms with Gasteiger partial charge in [-0.3, -0.25) is 0 Å². The van der Waals surface area contributed by atoms with E-state index < -0.39 is 0 Å². The summed E-state index contributed by atoms with van der Waals surface area (Å²) in [5.41, 5.74) is 1.43. The van der Waals surface area contributed by atoms with E-state index in [2.05, 4.69) is 10.2 Å². The van der Waals surface area contributed by atoms with Gasteiger partial charge < -0.3 is 18.3 Å². The molecule has 3 heterocycles. The number of furan rings is 1. The van der Waals surface area contributed by atoms with Gasteiger partial charge in [-0.25, -0.2) is 4.39 Å². The quantitative estimate of drug-likeness (QED) is 0.675. The SMILES string of the molecule is Fc1cc2c(c(CSc3nnc(-c4ccco4)o3)c1)OCOC2. The predicted molar refractivity (Wildman–Crippen MR) is 78.2 cm³/mol. The van der Waals surface area contributed by atoms with E-state index in [-0.39, 0.29) is 12.6 Å². The van der Waals surface area contributed by atoms with Crippen molar-refractivity contribution in [3.63, 3.8) is 0 Å². The maximum absolute atomic E-state index is 13.7. The number of benzene rings is 1. The minimum atomic E-state index is -0.324. The maximum Gasteiger partial charge on any atom is 0.284 e. The van der Waals surface area contributed by atoms with Gasteiger partial charge in [0.2, 0.25) is 0 Å². The van der Waals surface area contributed by atoms with Gasteiger partial charge in [0.1, 0.15) is 11.6 Å². The average Bonchev–Trinajstić information content (AvgIpc) is 3.23. The fourth-order valence-electron chi connectivity index (χ4n) is 2.27. The first-order chi connectivity index (χ1) is 11.3. The Balaban J connectivity index is 1.52. The van der Waals surface area contributed by atoms with Crippen molar-refractivity contribution >= 4 is 11.8 Å². The van der Waals surface area contributed by atoms with E-state index in [1.807, 2.05) is 0 Å². The number of nitrogens with zero attached hydrogens (tertiary/aromatic N) is 2. The highest BCUT2D eigenvalue weighted by Crippen LogP contribution is 2.34. The fourth-order valence-corrected chi connectivity index (χ4v) is 3.00. The van der Waals surface area contributed by atoms with Crippen LogP contribution in [0.3, 0.4) is 0 Å². The molecule has 6 nitrogen and oxygen atoms in total. The smallest absolute Gasteiger partial charge is 0.284 e. The van der Waals surface area contributed by atoms with E-state index in [9.17, 15) is 4.39 Å². The molecule has 0 unspecified atom stereocenters. The van der Waals surface area contributed by atoms with E-state index in [0.717, 1.165) is 5.56 Å². The van der Waals surface area contributed by atoms with Crippen LogP contribution in [-0.2, 0) is 17.1 Å². The van der Waals surface area contributed by atoms with Gasteiger partial charge in [-0.15, -0.1) is 10.2 Å². The summed E-state index contributed by atoms with van der Waals surface area (Å²) in [6.45, 7) is 0.507. The Bertz CT molecular complexity index is 819. The molecule has 0 fully saturated rings. The summed E-state index contributed by atoms with van der Waals surface area (Å²) in [6.07, 6.45) is 1.53. The van der Waals surface area contributed by atoms with Crippen LogP contribution in [-0.4, -0.2) is 17.0 Å². The summed E-state index contributed by atoms with van der Waals surface area (Å²) in [5.74, 6) is 1.60. The first-order valence-electron chi connectivity index (χ1n) is 6.81. The van der Waals surface area contributed by atoms with Crippen LogP contribution in [0.5, 0.6) is 5.75 Å². The van der Waals surface area contributed by atoms with Crippen molar-refractivity contribution in [2.75, 3.05) is 6.79 Å². The van der Waals surface area contributed by atoms with E-state index in [0.29, 0.717) is 40.5 Å². The molecule has 4 rings (SSSR count). The minimum absolute atomic E-state index is 0.166. The Kier molecular flexibility index (Phi) is 3.76. The summed E-state index contributed by atoms with van der Waals surface area (Å²) in [5, 5.41) is 8.24. The normalized spacial score (nSPS) is 13.6. The summed E-state index contributed by atoms with van der Waals surface area (Å²) in [7, 11) is 0. The van der Waals surface area contributed by atoms with Crippen molar-refractivity contribution in [2.45, 2.75) is 17.6 Å². The third-order valence-corrected chi connectivity index (χ3v) is 4.11. The summed E-state index contributed by atoms with van der Waals surface area (Å²) in [4.78, 5) is 0. The second-order valence-corrected chi connectivity index (χ2v) is 5.73. The van der Waals surface area contributed by atoms with Crippen LogP contribution in [0.1, 0.15) is 11.1 Å². The van der Waals surface area contributed by atoms with Crippen molar-refractivity contribution in [3.05, 3.63) is 47.5 Å². The lowest BCUT2D eigenvalue weighted by molar-refractivity contribution is -0.0171. The Morgan fingerprint density at radius 2 is 2.22 bits per heavy atom. The minimum Gasteiger partial charge on any atom is -0.467 e.